The van der Waals surface area contributed by atoms with E-state index in [1.807, 2.05) is 44.2 Å². The highest BCUT2D eigenvalue weighted by molar-refractivity contribution is 7.99. The first-order valence-electron chi connectivity index (χ1n) is 7.10. The number of benzene rings is 2. The number of nitrogens with one attached hydrogen (secondary N) is 1. The summed E-state index contributed by atoms with van der Waals surface area (Å²) >= 11 is 1.65. The third kappa shape index (κ3) is 4.64. The van der Waals surface area contributed by atoms with Gasteiger partial charge in [0.15, 0.2) is 0 Å². The molecule has 0 heterocycles. The van der Waals surface area contributed by atoms with E-state index in [9.17, 15) is 4.79 Å². The molecule has 1 atom stereocenters. The number of thioether (sulfide) groups is 1. The average molecular weight is 299 g/mol. The maximum Gasteiger partial charge on any atom is 0.237 e. The van der Waals surface area contributed by atoms with E-state index < -0.39 is 0 Å². The number of amides is 1. The summed E-state index contributed by atoms with van der Waals surface area (Å²) in [5.74, 6) is 0.908. The minimum absolute atomic E-state index is 0.0582. The number of hydrogen-bond acceptors (Lipinski definition) is 2. The fourth-order valence-corrected chi connectivity index (χ4v) is 2.90. The number of hydrogen-bond donors (Lipinski definition) is 1. The molecule has 3 heteroatoms. The second kappa shape index (κ2) is 7.32. The van der Waals surface area contributed by atoms with Gasteiger partial charge < -0.3 is 5.32 Å². The Morgan fingerprint density at radius 3 is 2.52 bits per heavy atom. The van der Waals surface area contributed by atoms with Gasteiger partial charge in [0.05, 0.1) is 5.25 Å². The third-order valence-corrected chi connectivity index (χ3v) is 4.57. The van der Waals surface area contributed by atoms with Crippen molar-refractivity contribution in [1.82, 2.24) is 0 Å². The standard InChI is InChI=1S/C18H21NOS/c1-13-9-10-17(14(2)11-13)19-18(20)15(3)21-12-16-7-5-4-6-8-16/h4-11,15H,12H2,1-3H3,(H,19,20). The first-order valence-corrected chi connectivity index (χ1v) is 8.15. The van der Waals surface area contributed by atoms with E-state index in [-0.39, 0.29) is 11.2 Å². The topological polar surface area (TPSA) is 29.1 Å². The van der Waals surface area contributed by atoms with Gasteiger partial charge in [-0.05, 0) is 38.0 Å². The van der Waals surface area contributed by atoms with E-state index in [1.165, 1.54) is 11.1 Å². The van der Waals surface area contributed by atoms with Gasteiger partial charge in [-0.1, -0.05) is 48.0 Å². The second-order valence-corrected chi connectivity index (χ2v) is 6.58. The first-order chi connectivity index (χ1) is 10.1. The van der Waals surface area contributed by atoms with E-state index in [0.717, 1.165) is 17.0 Å². The predicted molar refractivity (Wildman–Crippen MR) is 91.7 cm³/mol. The highest BCUT2D eigenvalue weighted by Gasteiger charge is 2.14. The lowest BCUT2D eigenvalue weighted by molar-refractivity contribution is -0.115. The fourth-order valence-electron chi connectivity index (χ4n) is 2.06. The number of aryl methyl sites for hydroxylation is 2. The number of rotatable bonds is 5. The summed E-state index contributed by atoms with van der Waals surface area (Å²) in [6.45, 7) is 6.02. The van der Waals surface area contributed by atoms with Crippen LogP contribution in [0.25, 0.3) is 0 Å². The second-order valence-electron chi connectivity index (χ2n) is 5.25. The van der Waals surface area contributed by atoms with Gasteiger partial charge in [0.1, 0.15) is 0 Å². The van der Waals surface area contributed by atoms with Crippen molar-refractivity contribution in [3.05, 3.63) is 65.2 Å². The Labute approximate surface area is 131 Å². The van der Waals surface area contributed by atoms with Gasteiger partial charge in [-0.2, -0.15) is 0 Å². The summed E-state index contributed by atoms with van der Waals surface area (Å²) in [5, 5.41) is 2.94. The Bertz CT molecular complexity index is 610. The molecule has 1 N–H and O–H groups in total. The molecule has 0 bridgehead atoms. The molecular formula is C18H21NOS. The summed E-state index contributed by atoms with van der Waals surface area (Å²) in [5.41, 5.74) is 4.45. The number of anilines is 1. The smallest absolute Gasteiger partial charge is 0.237 e. The van der Waals surface area contributed by atoms with Crippen LogP contribution in [0.1, 0.15) is 23.6 Å². The minimum atomic E-state index is -0.0779. The highest BCUT2D eigenvalue weighted by atomic mass is 32.2. The van der Waals surface area contributed by atoms with Gasteiger partial charge in [0.25, 0.3) is 0 Å². The Kier molecular flexibility index (Phi) is 5.45. The largest absolute Gasteiger partial charge is 0.325 e. The first kappa shape index (κ1) is 15.6. The van der Waals surface area contributed by atoms with E-state index in [4.69, 9.17) is 0 Å². The molecule has 0 radical (unpaired) electrons. The van der Waals surface area contributed by atoms with Gasteiger partial charge in [0.2, 0.25) is 5.91 Å². The molecule has 21 heavy (non-hydrogen) atoms. The van der Waals surface area contributed by atoms with Crippen molar-refractivity contribution >= 4 is 23.4 Å². The van der Waals surface area contributed by atoms with Crippen molar-refractivity contribution in [2.75, 3.05) is 5.32 Å². The quantitative estimate of drug-likeness (QED) is 0.876. The van der Waals surface area contributed by atoms with Crippen LogP contribution in [0.4, 0.5) is 5.69 Å². The van der Waals surface area contributed by atoms with Crippen LogP contribution in [0, 0.1) is 13.8 Å². The van der Waals surface area contributed by atoms with Crippen molar-refractivity contribution in [3.63, 3.8) is 0 Å². The third-order valence-electron chi connectivity index (χ3n) is 3.35. The Hall–Kier alpha value is -1.74. The molecule has 1 unspecified atom stereocenters. The normalized spacial score (nSPS) is 12.0. The highest BCUT2D eigenvalue weighted by Crippen LogP contribution is 2.21. The molecule has 110 valence electrons. The zero-order valence-corrected chi connectivity index (χ0v) is 13.5. The van der Waals surface area contributed by atoms with Crippen LogP contribution in [0.2, 0.25) is 0 Å². The Morgan fingerprint density at radius 1 is 1.14 bits per heavy atom. The zero-order chi connectivity index (χ0) is 15.2. The SMILES string of the molecule is Cc1ccc(NC(=O)C(C)SCc2ccccc2)c(C)c1. The zero-order valence-electron chi connectivity index (χ0n) is 12.7. The van der Waals surface area contributed by atoms with Crippen LogP contribution in [0.5, 0.6) is 0 Å². The Morgan fingerprint density at radius 2 is 1.86 bits per heavy atom. The fraction of sp³-hybridized carbons (Fsp3) is 0.278. The predicted octanol–water partition coefficient (Wildman–Crippen LogP) is 4.56. The van der Waals surface area contributed by atoms with Crippen molar-refractivity contribution in [1.29, 1.82) is 0 Å². The average Bonchev–Trinajstić information content (AvgIpc) is 2.48. The molecule has 1 amide bonds. The molecule has 0 saturated carbocycles. The molecule has 0 aromatic heterocycles. The molecule has 2 nitrogen and oxygen atoms in total. The molecule has 2 aromatic carbocycles. The van der Waals surface area contributed by atoms with Crippen molar-refractivity contribution in [2.45, 2.75) is 31.8 Å². The van der Waals surface area contributed by atoms with Gasteiger partial charge in [-0.15, -0.1) is 11.8 Å². The maximum absolute atomic E-state index is 12.2. The molecule has 2 rings (SSSR count). The molecule has 0 aliphatic rings. The van der Waals surface area contributed by atoms with Crippen LogP contribution in [-0.4, -0.2) is 11.2 Å². The number of carbonyl (C=O) groups excluding carboxylic acids is 1. The minimum Gasteiger partial charge on any atom is -0.325 e. The van der Waals surface area contributed by atoms with E-state index in [1.54, 1.807) is 11.8 Å². The van der Waals surface area contributed by atoms with Crippen LogP contribution in [0.15, 0.2) is 48.5 Å². The molecule has 0 fully saturated rings. The molecule has 0 aliphatic carbocycles. The van der Waals surface area contributed by atoms with Crippen molar-refractivity contribution in [2.24, 2.45) is 0 Å². The molecule has 0 saturated heterocycles. The van der Waals surface area contributed by atoms with E-state index in [0.29, 0.717) is 0 Å². The summed E-state index contributed by atoms with van der Waals surface area (Å²) in [6.07, 6.45) is 0. The van der Waals surface area contributed by atoms with E-state index in [2.05, 4.69) is 30.4 Å². The van der Waals surface area contributed by atoms with Crippen molar-refractivity contribution in [3.8, 4) is 0 Å². The summed E-state index contributed by atoms with van der Waals surface area (Å²) in [4.78, 5) is 12.2. The van der Waals surface area contributed by atoms with Gasteiger partial charge in [0, 0.05) is 11.4 Å². The summed E-state index contributed by atoms with van der Waals surface area (Å²) in [7, 11) is 0. The summed E-state index contributed by atoms with van der Waals surface area (Å²) in [6, 6.07) is 16.3. The maximum atomic E-state index is 12.2. The molecular weight excluding hydrogens is 278 g/mol. The van der Waals surface area contributed by atoms with Crippen LogP contribution in [0.3, 0.4) is 0 Å². The van der Waals surface area contributed by atoms with Gasteiger partial charge in [-0.3, -0.25) is 4.79 Å². The van der Waals surface area contributed by atoms with E-state index >= 15 is 0 Å². The van der Waals surface area contributed by atoms with Gasteiger partial charge in [-0.25, -0.2) is 0 Å². The van der Waals surface area contributed by atoms with Crippen LogP contribution in [-0.2, 0) is 10.5 Å². The lowest BCUT2D eigenvalue weighted by Gasteiger charge is -2.14. The van der Waals surface area contributed by atoms with Gasteiger partial charge >= 0.3 is 0 Å². The Balaban J connectivity index is 1.90. The van der Waals surface area contributed by atoms with Crippen LogP contribution >= 0.6 is 11.8 Å². The number of carbonyl (C=O) groups is 1. The summed E-state index contributed by atoms with van der Waals surface area (Å²) < 4.78 is 0. The molecule has 0 aliphatic heterocycles. The van der Waals surface area contributed by atoms with Crippen molar-refractivity contribution < 1.29 is 4.79 Å². The molecule has 2 aromatic rings. The monoisotopic (exact) mass is 299 g/mol. The lowest BCUT2D eigenvalue weighted by atomic mass is 10.1. The molecule has 0 spiro atoms. The lowest BCUT2D eigenvalue weighted by Crippen LogP contribution is -2.23. The van der Waals surface area contributed by atoms with Crippen LogP contribution < -0.4 is 5.32 Å².